The van der Waals surface area contributed by atoms with Crippen molar-refractivity contribution in [3.05, 3.63) is 89.0 Å². The summed E-state index contributed by atoms with van der Waals surface area (Å²) in [4.78, 5) is 8.85. The summed E-state index contributed by atoms with van der Waals surface area (Å²) >= 11 is 0. The van der Waals surface area contributed by atoms with Crippen LogP contribution in [0.25, 0.3) is 17.8 Å². The lowest BCUT2D eigenvalue weighted by atomic mass is 9.75. The van der Waals surface area contributed by atoms with E-state index in [1.165, 1.54) is 12.1 Å². The van der Waals surface area contributed by atoms with Crippen LogP contribution >= 0.6 is 0 Å². The summed E-state index contributed by atoms with van der Waals surface area (Å²) in [5.41, 5.74) is 1.61. The Hall–Kier alpha value is -4.32. The van der Waals surface area contributed by atoms with Crippen molar-refractivity contribution in [1.82, 2.24) is 24.3 Å². The maximum Gasteiger partial charge on any atom is 0.174 e. The minimum absolute atomic E-state index is 0.247. The number of aromatic nitrogens is 5. The highest BCUT2D eigenvalue weighted by Crippen LogP contribution is 2.39. The van der Waals surface area contributed by atoms with Gasteiger partial charge in [0.1, 0.15) is 22.8 Å². The molecule has 1 aliphatic rings. The van der Waals surface area contributed by atoms with Gasteiger partial charge in [-0.2, -0.15) is 10.4 Å². The molecule has 7 nitrogen and oxygen atoms in total. The summed E-state index contributed by atoms with van der Waals surface area (Å²) in [7, 11) is 1.61. The standard InChI is InChI=1S/C26H22F2N6O/c1-17-14-33(16-30-17)22-6-4-18(10-23(22)35-2)5-7-24-31-25-26(15-29,8-3-9-34(25)32-24)19-11-20(27)13-21(28)12-19/h4-7,10-14,16H,3,8-9H2,1-2H3/b7-5+/t26-/m0/s1. The summed E-state index contributed by atoms with van der Waals surface area (Å²) in [5.74, 6) is 0.0218. The molecule has 0 aliphatic carbocycles. The number of aryl methyl sites for hydroxylation is 2. The molecule has 176 valence electrons. The van der Waals surface area contributed by atoms with Gasteiger partial charge in [-0.15, -0.1) is 0 Å². The molecular weight excluding hydrogens is 450 g/mol. The monoisotopic (exact) mass is 472 g/mol. The minimum Gasteiger partial charge on any atom is -0.495 e. The number of rotatable bonds is 5. The lowest BCUT2D eigenvalue weighted by Gasteiger charge is -2.30. The molecule has 0 unspecified atom stereocenters. The zero-order valence-electron chi connectivity index (χ0n) is 19.2. The largest absolute Gasteiger partial charge is 0.495 e. The molecule has 35 heavy (non-hydrogen) atoms. The molecule has 0 fully saturated rings. The van der Waals surface area contributed by atoms with Crippen molar-refractivity contribution in [3.8, 4) is 17.5 Å². The number of halogens is 2. The van der Waals surface area contributed by atoms with E-state index in [0.29, 0.717) is 36.8 Å². The van der Waals surface area contributed by atoms with Gasteiger partial charge in [-0.1, -0.05) is 12.1 Å². The van der Waals surface area contributed by atoms with E-state index in [0.717, 1.165) is 23.0 Å². The van der Waals surface area contributed by atoms with E-state index < -0.39 is 17.0 Å². The molecule has 2 aromatic carbocycles. The number of hydrogen-bond donors (Lipinski definition) is 0. The molecule has 0 amide bonds. The first kappa shape index (κ1) is 22.5. The Bertz CT molecular complexity index is 1460. The third-order valence-electron chi connectivity index (χ3n) is 6.16. The molecule has 0 saturated carbocycles. The lowest BCUT2D eigenvalue weighted by molar-refractivity contribution is 0.390. The van der Waals surface area contributed by atoms with E-state index in [9.17, 15) is 14.0 Å². The number of nitriles is 1. The van der Waals surface area contributed by atoms with Gasteiger partial charge in [0.05, 0.1) is 30.9 Å². The number of nitrogens with zero attached hydrogens (tertiary/aromatic N) is 6. The molecule has 1 aliphatic heterocycles. The molecule has 0 bridgehead atoms. The SMILES string of the molecule is COc1cc(/C=C/c2nc3n(n2)CCC[C@]3(C#N)c2cc(F)cc(F)c2)ccc1-n1cnc(C)c1. The number of ether oxygens (including phenoxy) is 1. The second-order valence-corrected chi connectivity index (χ2v) is 8.48. The second kappa shape index (κ2) is 8.80. The Morgan fingerprint density at radius 3 is 2.63 bits per heavy atom. The van der Waals surface area contributed by atoms with Crippen LogP contribution in [0.5, 0.6) is 5.75 Å². The van der Waals surface area contributed by atoms with Gasteiger partial charge >= 0.3 is 0 Å². The van der Waals surface area contributed by atoms with E-state index >= 15 is 0 Å². The van der Waals surface area contributed by atoms with Gasteiger partial charge in [0.25, 0.3) is 0 Å². The van der Waals surface area contributed by atoms with Gasteiger partial charge in [-0.25, -0.2) is 23.4 Å². The van der Waals surface area contributed by atoms with Crippen LogP contribution in [0.4, 0.5) is 8.78 Å². The van der Waals surface area contributed by atoms with Crippen molar-refractivity contribution >= 4 is 12.2 Å². The zero-order chi connectivity index (χ0) is 24.6. The fraction of sp³-hybridized carbons (Fsp3) is 0.231. The molecule has 2 aromatic heterocycles. The molecule has 0 saturated heterocycles. The van der Waals surface area contributed by atoms with E-state index in [4.69, 9.17) is 4.74 Å². The van der Waals surface area contributed by atoms with Gasteiger partial charge in [0.2, 0.25) is 0 Å². The van der Waals surface area contributed by atoms with E-state index in [-0.39, 0.29) is 5.56 Å². The van der Waals surface area contributed by atoms with Gasteiger partial charge in [0, 0.05) is 18.8 Å². The van der Waals surface area contributed by atoms with Gasteiger partial charge < -0.3 is 9.30 Å². The highest BCUT2D eigenvalue weighted by Gasteiger charge is 2.42. The van der Waals surface area contributed by atoms with Crippen LogP contribution in [0.15, 0.2) is 48.9 Å². The second-order valence-electron chi connectivity index (χ2n) is 8.48. The van der Waals surface area contributed by atoms with Gasteiger partial charge in [-0.05, 0) is 61.2 Å². The van der Waals surface area contributed by atoms with Crippen LogP contribution in [-0.2, 0) is 12.0 Å². The van der Waals surface area contributed by atoms with Crippen LogP contribution in [-0.4, -0.2) is 31.4 Å². The quantitative estimate of drug-likeness (QED) is 0.416. The highest BCUT2D eigenvalue weighted by atomic mass is 19.1. The number of methoxy groups -OCH3 is 1. The maximum absolute atomic E-state index is 14.0. The third kappa shape index (κ3) is 4.08. The molecule has 5 rings (SSSR count). The van der Waals surface area contributed by atoms with Crippen molar-refractivity contribution in [2.45, 2.75) is 31.7 Å². The molecular formula is C26H22F2N6O. The van der Waals surface area contributed by atoms with Crippen molar-refractivity contribution in [1.29, 1.82) is 5.26 Å². The summed E-state index contributed by atoms with van der Waals surface area (Å²) in [6, 6.07) is 11.2. The smallest absolute Gasteiger partial charge is 0.174 e. The molecule has 3 heterocycles. The Morgan fingerprint density at radius 1 is 1.14 bits per heavy atom. The number of imidazole rings is 1. The molecule has 9 heteroatoms. The normalized spacial score (nSPS) is 17.3. The predicted molar refractivity (Wildman–Crippen MR) is 126 cm³/mol. The van der Waals surface area contributed by atoms with Crippen molar-refractivity contribution < 1.29 is 13.5 Å². The van der Waals surface area contributed by atoms with Crippen LogP contribution in [0.3, 0.4) is 0 Å². The fourth-order valence-electron chi connectivity index (χ4n) is 4.49. The number of hydrogen-bond acceptors (Lipinski definition) is 5. The molecule has 4 aromatic rings. The predicted octanol–water partition coefficient (Wildman–Crippen LogP) is 4.83. The first-order chi connectivity index (χ1) is 16.9. The summed E-state index contributed by atoms with van der Waals surface area (Å²) in [5, 5.41) is 14.6. The van der Waals surface area contributed by atoms with Crippen LogP contribution in [0.1, 0.15) is 41.3 Å². The fourth-order valence-corrected chi connectivity index (χ4v) is 4.49. The number of benzene rings is 2. The van der Waals surface area contributed by atoms with E-state index in [1.54, 1.807) is 24.2 Å². The molecule has 1 atom stereocenters. The first-order valence-corrected chi connectivity index (χ1v) is 11.1. The molecule has 0 N–H and O–H groups in total. The minimum atomic E-state index is -1.27. The maximum atomic E-state index is 14.0. The van der Waals surface area contributed by atoms with E-state index in [2.05, 4.69) is 21.1 Å². The first-order valence-electron chi connectivity index (χ1n) is 11.1. The summed E-state index contributed by atoms with van der Waals surface area (Å²) < 4.78 is 37.0. The van der Waals surface area contributed by atoms with E-state index in [1.807, 2.05) is 42.0 Å². The topological polar surface area (TPSA) is 81.5 Å². The zero-order valence-corrected chi connectivity index (χ0v) is 19.2. The van der Waals surface area contributed by atoms with Crippen LogP contribution in [0, 0.1) is 29.9 Å². The van der Waals surface area contributed by atoms with Crippen molar-refractivity contribution in [2.75, 3.05) is 7.11 Å². The Kier molecular flexibility index (Phi) is 5.65. The van der Waals surface area contributed by atoms with Crippen LogP contribution < -0.4 is 4.74 Å². The average molecular weight is 472 g/mol. The van der Waals surface area contributed by atoms with Crippen molar-refractivity contribution in [2.24, 2.45) is 0 Å². The Labute approximate surface area is 200 Å². The third-order valence-corrected chi connectivity index (χ3v) is 6.16. The number of fused-ring (bicyclic) bond motifs is 1. The summed E-state index contributed by atoms with van der Waals surface area (Å²) in [6.45, 7) is 2.49. The highest BCUT2D eigenvalue weighted by molar-refractivity contribution is 5.69. The Morgan fingerprint density at radius 2 is 1.94 bits per heavy atom. The van der Waals surface area contributed by atoms with Crippen molar-refractivity contribution in [3.63, 3.8) is 0 Å². The van der Waals surface area contributed by atoms with Gasteiger partial charge in [-0.3, -0.25) is 0 Å². The van der Waals surface area contributed by atoms with Crippen LogP contribution in [0.2, 0.25) is 0 Å². The Balaban J connectivity index is 1.48. The summed E-state index contributed by atoms with van der Waals surface area (Å²) in [6.07, 6.45) is 8.28. The molecule has 0 spiro atoms. The lowest BCUT2D eigenvalue weighted by Crippen LogP contribution is -2.34. The molecule has 0 radical (unpaired) electrons. The average Bonchev–Trinajstić information content (AvgIpc) is 3.47. The van der Waals surface area contributed by atoms with Gasteiger partial charge in [0.15, 0.2) is 11.6 Å².